The lowest BCUT2D eigenvalue weighted by atomic mass is 10.2. The van der Waals surface area contributed by atoms with Crippen LogP contribution in [0.15, 0.2) is 0 Å². The third kappa shape index (κ3) is 4.51. The fourth-order valence-corrected chi connectivity index (χ4v) is 1.59. The van der Waals surface area contributed by atoms with Crippen molar-refractivity contribution in [1.29, 1.82) is 0 Å². The summed E-state index contributed by atoms with van der Waals surface area (Å²) < 4.78 is 4.74. The van der Waals surface area contributed by atoms with Gasteiger partial charge < -0.3 is 15.4 Å². The van der Waals surface area contributed by atoms with Crippen LogP contribution < -0.4 is 10.6 Å². The molecule has 16 heavy (non-hydrogen) atoms. The van der Waals surface area contributed by atoms with E-state index >= 15 is 0 Å². The summed E-state index contributed by atoms with van der Waals surface area (Å²) in [6.07, 6.45) is 5.05. The molecule has 1 fully saturated rings. The molecule has 2 amide bonds. The predicted molar refractivity (Wildman–Crippen MR) is 60.0 cm³/mol. The second-order valence-corrected chi connectivity index (χ2v) is 3.97. The molecule has 0 aromatic carbocycles. The highest BCUT2D eigenvalue weighted by atomic mass is 16.5. The molecule has 5 heteroatoms. The summed E-state index contributed by atoms with van der Waals surface area (Å²) in [6.45, 7) is 3.21. The Labute approximate surface area is 95.9 Å². The monoisotopic (exact) mass is 228 g/mol. The van der Waals surface area contributed by atoms with Crippen LogP contribution in [0.3, 0.4) is 0 Å². The molecule has 0 spiro atoms. The summed E-state index contributed by atoms with van der Waals surface area (Å²) in [4.78, 5) is 22.4. The van der Waals surface area contributed by atoms with Crippen LogP contribution in [0.25, 0.3) is 0 Å². The first kappa shape index (κ1) is 12.8. The molecule has 1 heterocycles. The summed E-state index contributed by atoms with van der Waals surface area (Å²) in [6, 6.07) is -0.740. The summed E-state index contributed by atoms with van der Waals surface area (Å²) in [7, 11) is 0. The van der Waals surface area contributed by atoms with Crippen molar-refractivity contribution in [1.82, 2.24) is 10.6 Å². The van der Waals surface area contributed by atoms with Crippen molar-refractivity contribution in [3.8, 4) is 0 Å². The number of urea groups is 1. The molecular formula is C11H20N2O3. The van der Waals surface area contributed by atoms with Gasteiger partial charge in [-0.2, -0.15) is 0 Å². The van der Waals surface area contributed by atoms with E-state index in [4.69, 9.17) is 4.74 Å². The van der Waals surface area contributed by atoms with Crippen LogP contribution in [0, 0.1) is 0 Å². The molecule has 0 bridgehead atoms. The quantitative estimate of drug-likeness (QED) is 0.530. The minimum Gasteiger partial charge on any atom is -0.464 e. The SMILES string of the molecule is CCCCCCNC(=O)NC1CCOC1=O. The first-order chi connectivity index (χ1) is 7.74. The molecule has 1 aliphatic rings. The molecule has 1 unspecified atom stereocenters. The van der Waals surface area contributed by atoms with Gasteiger partial charge in [0.15, 0.2) is 0 Å². The van der Waals surface area contributed by atoms with Gasteiger partial charge in [-0.1, -0.05) is 26.2 Å². The van der Waals surface area contributed by atoms with Crippen LogP contribution in [-0.4, -0.2) is 31.2 Å². The molecule has 1 atom stereocenters. The second kappa shape index (κ2) is 7.09. The zero-order valence-electron chi connectivity index (χ0n) is 9.75. The Balaban J connectivity index is 2.04. The van der Waals surface area contributed by atoms with Gasteiger partial charge in [-0.3, -0.25) is 0 Å². The molecule has 1 rings (SSSR count). The average Bonchev–Trinajstić information content (AvgIpc) is 2.64. The van der Waals surface area contributed by atoms with Crippen molar-refractivity contribution in [3.63, 3.8) is 0 Å². The number of unbranched alkanes of at least 4 members (excludes halogenated alkanes) is 3. The van der Waals surface area contributed by atoms with Crippen molar-refractivity contribution in [3.05, 3.63) is 0 Å². The summed E-state index contributed by atoms with van der Waals surface area (Å²) in [5.74, 6) is -0.332. The number of hydrogen-bond acceptors (Lipinski definition) is 3. The van der Waals surface area contributed by atoms with Gasteiger partial charge >= 0.3 is 12.0 Å². The number of carbonyl (C=O) groups excluding carboxylic acids is 2. The minimum atomic E-state index is -0.462. The number of ether oxygens (including phenoxy) is 1. The van der Waals surface area contributed by atoms with E-state index in [2.05, 4.69) is 17.6 Å². The lowest BCUT2D eigenvalue weighted by Gasteiger charge is -2.10. The zero-order valence-corrected chi connectivity index (χ0v) is 9.75. The van der Waals surface area contributed by atoms with E-state index in [0.29, 0.717) is 19.6 Å². The number of cyclic esters (lactones) is 1. The summed E-state index contributed by atoms with van der Waals surface area (Å²) >= 11 is 0. The number of hydrogen-bond donors (Lipinski definition) is 2. The van der Waals surface area contributed by atoms with E-state index in [9.17, 15) is 9.59 Å². The third-order valence-electron chi connectivity index (χ3n) is 2.56. The van der Waals surface area contributed by atoms with Gasteiger partial charge in [0.2, 0.25) is 0 Å². The van der Waals surface area contributed by atoms with Crippen molar-refractivity contribution in [2.24, 2.45) is 0 Å². The molecule has 92 valence electrons. The van der Waals surface area contributed by atoms with Gasteiger partial charge in [0.1, 0.15) is 6.04 Å². The first-order valence-corrected chi connectivity index (χ1v) is 5.95. The van der Waals surface area contributed by atoms with Gasteiger partial charge in [0, 0.05) is 13.0 Å². The number of esters is 1. The van der Waals surface area contributed by atoms with Crippen LogP contribution in [-0.2, 0) is 9.53 Å². The van der Waals surface area contributed by atoms with Crippen LogP contribution in [0.5, 0.6) is 0 Å². The van der Waals surface area contributed by atoms with Gasteiger partial charge in [-0.15, -0.1) is 0 Å². The molecule has 0 aromatic heterocycles. The molecule has 2 N–H and O–H groups in total. The van der Waals surface area contributed by atoms with Gasteiger partial charge in [-0.25, -0.2) is 9.59 Å². The Kier molecular flexibility index (Phi) is 5.67. The standard InChI is InChI=1S/C11H20N2O3/c1-2-3-4-5-7-12-11(15)13-9-6-8-16-10(9)14/h9H,2-8H2,1H3,(H2,12,13,15). The Bertz CT molecular complexity index is 243. The van der Waals surface area contributed by atoms with Gasteiger partial charge in [-0.05, 0) is 6.42 Å². The fourth-order valence-electron chi connectivity index (χ4n) is 1.59. The molecule has 0 aliphatic carbocycles. The fraction of sp³-hybridized carbons (Fsp3) is 0.818. The van der Waals surface area contributed by atoms with E-state index in [1.54, 1.807) is 0 Å². The second-order valence-electron chi connectivity index (χ2n) is 3.97. The number of rotatable bonds is 6. The number of nitrogens with one attached hydrogen (secondary N) is 2. The minimum absolute atomic E-state index is 0.277. The Hall–Kier alpha value is -1.26. The Morgan fingerprint density at radius 2 is 2.25 bits per heavy atom. The first-order valence-electron chi connectivity index (χ1n) is 5.95. The molecule has 1 saturated heterocycles. The average molecular weight is 228 g/mol. The van der Waals surface area contributed by atoms with Crippen LogP contribution in [0.1, 0.15) is 39.0 Å². The van der Waals surface area contributed by atoms with Crippen LogP contribution in [0.4, 0.5) is 4.79 Å². The largest absolute Gasteiger partial charge is 0.464 e. The smallest absolute Gasteiger partial charge is 0.328 e. The lowest BCUT2D eigenvalue weighted by molar-refractivity contribution is -0.139. The van der Waals surface area contributed by atoms with Crippen molar-refractivity contribution in [2.75, 3.05) is 13.2 Å². The Morgan fingerprint density at radius 3 is 2.88 bits per heavy atom. The van der Waals surface area contributed by atoms with Crippen molar-refractivity contribution < 1.29 is 14.3 Å². The van der Waals surface area contributed by atoms with E-state index in [-0.39, 0.29) is 12.0 Å². The molecule has 0 saturated carbocycles. The van der Waals surface area contributed by atoms with E-state index in [1.807, 2.05) is 0 Å². The molecule has 5 nitrogen and oxygen atoms in total. The van der Waals surface area contributed by atoms with Gasteiger partial charge in [0.05, 0.1) is 6.61 Å². The highest BCUT2D eigenvalue weighted by molar-refractivity contribution is 5.84. The van der Waals surface area contributed by atoms with E-state index in [1.165, 1.54) is 12.8 Å². The highest BCUT2D eigenvalue weighted by Gasteiger charge is 2.27. The zero-order chi connectivity index (χ0) is 11.8. The van der Waals surface area contributed by atoms with E-state index in [0.717, 1.165) is 12.8 Å². The van der Waals surface area contributed by atoms with Crippen LogP contribution >= 0.6 is 0 Å². The van der Waals surface area contributed by atoms with E-state index < -0.39 is 6.04 Å². The summed E-state index contributed by atoms with van der Waals surface area (Å²) in [5, 5.41) is 5.33. The Morgan fingerprint density at radius 1 is 1.44 bits per heavy atom. The predicted octanol–water partition coefficient (Wildman–Crippen LogP) is 1.18. The molecule has 1 aliphatic heterocycles. The third-order valence-corrected chi connectivity index (χ3v) is 2.56. The molecular weight excluding hydrogens is 208 g/mol. The molecule has 0 aromatic rings. The maximum atomic E-state index is 11.3. The summed E-state index contributed by atoms with van der Waals surface area (Å²) in [5.41, 5.74) is 0. The maximum absolute atomic E-state index is 11.3. The van der Waals surface area contributed by atoms with Crippen LogP contribution in [0.2, 0.25) is 0 Å². The van der Waals surface area contributed by atoms with Gasteiger partial charge in [0.25, 0.3) is 0 Å². The lowest BCUT2D eigenvalue weighted by Crippen LogP contribution is -2.44. The highest BCUT2D eigenvalue weighted by Crippen LogP contribution is 2.05. The number of carbonyl (C=O) groups is 2. The van der Waals surface area contributed by atoms with Crippen molar-refractivity contribution in [2.45, 2.75) is 45.1 Å². The molecule has 0 radical (unpaired) electrons. The van der Waals surface area contributed by atoms with Crippen molar-refractivity contribution >= 4 is 12.0 Å². The topological polar surface area (TPSA) is 67.4 Å². The maximum Gasteiger partial charge on any atom is 0.328 e. The number of amides is 2. The normalized spacial score (nSPS) is 19.3.